The van der Waals surface area contributed by atoms with Gasteiger partial charge in [-0.1, -0.05) is 48.5 Å². The van der Waals surface area contributed by atoms with Crippen LogP contribution in [0.1, 0.15) is 11.4 Å². The molecule has 28 heavy (non-hydrogen) atoms. The quantitative estimate of drug-likeness (QED) is 0.443. The number of benzene rings is 3. The maximum atomic E-state index is 5.89. The third-order valence-corrected chi connectivity index (χ3v) is 4.56. The minimum atomic E-state index is 0.569. The fourth-order valence-electron chi connectivity index (χ4n) is 3.20. The second kappa shape index (κ2) is 8.44. The van der Waals surface area contributed by atoms with E-state index in [-0.39, 0.29) is 0 Å². The highest BCUT2D eigenvalue weighted by Gasteiger charge is 2.08. The summed E-state index contributed by atoms with van der Waals surface area (Å²) in [4.78, 5) is 4.79. The van der Waals surface area contributed by atoms with E-state index in [1.165, 1.54) is 0 Å². The molecule has 0 saturated heterocycles. The number of aromatic nitrogens is 2. The number of methoxy groups -OCH3 is 1. The van der Waals surface area contributed by atoms with Crippen LogP contribution in [0.3, 0.4) is 0 Å². The molecule has 0 saturated carbocycles. The Labute approximate surface area is 164 Å². The van der Waals surface area contributed by atoms with Crippen molar-refractivity contribution in [2.24, 2.45) is 0 Å². The van der Waals surface area contributed by atoms with E-state index in [1.807, 2.05) is 84.9 Å². The zero-order valence-electron chi connectivity index (χ0n) is 15.8. The molecule has 4 nitrogen and oxygen atoms in total. The lowest BCUT2D eigenvalue weighted by molar-refractivity contribution is 0.300. The van der Waals surface area contributed by atoms with Crippen LogP contribution in [0.2, 0.25) is 0 Å². The van der Waals surface area contributed by atoms with Gasteiger partial charge < -0.3 is 14.0 Å². The molecule has 0 aliphatic carbocycles. The lowest BCUT2D eigenvalue weighted by atomic mass is 10.2. The minimum absolute atomic E-state index is 0.569. The van der Waals surface area contributed by atoms with Crippen LogP contribution in [0, 0.1) is 0 Å². The highest BCUT2D eigenvalue weighted by Crippen LogP contribution is 2.22. The third-order valence-electron chi connectivity index (χ3n) is 4.56. The first-order valence-electron chi connectivity index (χ1n) is 9.29. The van der Waals surface area contributed by atoms with Crippen LogP contribution in [-0.4, -0.2) is 23.3 Å². The van der Waals surface area contributed by atoms with Gasteiger partial charge in [-0.2, -0.15) is 0 Å². The van der Waals surface area contributed by atoms with Crippen molar-refractivity contribution < 1.29 is 9.47 Å². The third kappa shape index (κ3) is 3.91. The zero-order valence-corrected chi connectivity index (χ0v) is 15.8. The lowest BCUT2D eigenvalue weighted by Crippen LogP contribution is -2.09. The van der Waals surface area contributed by atoms with Gasteiger partial charge in [-0.3, -0.25) is 0 Å². The summed E-state index contributed by atoms with van der Waals surface area (Å²) in [7, 11) is 1.68. The largest absolute Gasteiger partial charge is 0.496 e. The highest BCUT2D eigenvalue weighted by molar-refractivity contribution is 5.80. The predicted octanol–water partition coefficient (Wildman–Crippen LogP) is 5.29. The van der Waals surface area contributed by atoms with Crippen LogP contribution in [-0.2, 0) is 6.54 Å². The van der Waals surface area contributed by atoms with Crippen LogP contribution < -0.4 is 9.47 Å². The van der Waals surface area contributed by atoms with E-state index in [2.05, 4.69) is 10.6 Å². The molecule has 0 spiro atoms. The Kier molecular flexibility index (Phi) is 5.38. The van der Waals surface area contributed by atoms with Crippen LogP contribution in [0.25, 0.3) is 23.2 Å². The molecule has 0 aliphatic rings. The van der Waals surface area contributed by atoms with Gasteiger partial charge in [0.15, 0.2) is 0 Å². The van der Waals surface area contributed by atoms with Crippen molar-refractivity contribution in [1.82, 2.24) is 9.55 Å². The second-order valence-corrected chi connectivity index (χ2v) is 6.35. The first kappa shape index (κ1) is 17.9. The first-order valence-corrected chi connectivity index (χ1v) is 9.29. The number of ether oxygens (including phenoxy) is 2. The number of rotatable bonds is 7. The summed E-state index contributed by atoms with van der Waals surface area (Å²) in [6, 6.07) is 26.0. The van der Waals surface area contributed by atoms with Gasteiger partial charge in [-0.15, -0.1) is 0 Å². The Morgan fingerprint density at radius 3 is 2.46 bits per heavy atom. The molecule has 4 rings (SSSR count). The highest BCUT2D eigenvalue weighted by atomic mass is 16.5. The molecule has 0 bridgehead atoms. The number of para-hydroxylation sites is 4. The fourth-order valence-corrected chi connectivity index (χ4v) is 3.20. The molecule has 0 N–H and O–H groups in total. The van der Waals surface area contributed by atoms with Gasteiger partial charge in [0.1, 0.15) is 23.9 Å². The van der Waals surface area contributed by atoms with Crippen LogP contribution in [0.4, 0.5) is 0 Å². The van der Waals surface area contributed by atoms with Gasteiger partial charge in [-0.05, 0) is 42.5 Å². The van der Waals surface area contributed by atoms with Crippen LogP contribution >= 0.6 is 0 Å². The van der Waals surface area contributed by atoms with Gasteiger partial charge in [0, 0.05) is 5.56 Å². The van der Waals surface area contributed by atoms with E-state index in [4.69, 9.17) is 14.5 Å². The summed E-state index contributed by atoms with van der Waals surface area (Å²) in [5, 5.41) is 0. The summed E-state index contributed by atoms with van der Waals surface area (Å²) in [5.74, 6) is 2.61. The standard InChI is InChI=1S/C24H22N2O2/c1-27-23-14-8-5-9-19(23)15-16-24-25-21-12-6-7-13-22(21)26(24)17-18-28-20-10-3-2-4-11-20/h2-16H,17-18H2,1H3. The monoisotopic (exact) mass is 370 g/mol. The van der Waals surface area contributed by atoms with E-state index < -0.39 is 0 Å². The van der Waals surface area contributed by atoms with Crippen molar-refractivity contribution in [1.29, 1.82) is 0 Å². The van der Waals surface area contributed by atoms with Gasteiger partial charge in [0.2, 0.25) is 0 Å². The SMILES string of the molecule is COc1ccccc1C=Cc1nc2ccccc2n1CCOc1ccccc1. The summed E-state index contributed by atoms with van der Waals surface area (Å²) in [6.45, 7) is 1.28. The molecule has 3 aromatic carbocycles. The maximum absolute atomic E-state index is 5.89. The van der Waals surface area contributed by atoms with Crippen LogP contribution in [0.5, 0.6) is 11.5 Å². The molecule has 0 atom stereocenters. The molecular formula is C24H22N2O2. The number of imidazole rings is 1. The molecule has 1 aromatic heterocycles. The Morgan fingerprint density at radius 2 is 1.61 bits per heavy atom. The Morgan fingerprint density at radius 1 is 0.857 bits per heavy atom. The van der Waals surface area contributed by atoms with E-state index in [0.717, 1.165) is 33.9 Å². The number of fused-ring (bicyclic) bond motifs is 1. The first-order chi connectivity index (χ1) is 13.8. The van der Waals surface area contributed by atoms with E-state index in [1.54, 1.807) is 7.11 Å². The Hall–Kier alpha value is -3.53. The van der Waals surface area contributed by atoms with E-state index in [9.17, 15) is 0 Å². The molecule has 0 unspecified atom stereocenters. The number of hydrogen-bond donors (Lipinski definition) is 0. The molecule has 0 aliphatic heterocycles. The molecule has 0 fully saturated rings. The molecule has 0 radical (unpaired) electrons. The maximum Gasteiger partial charge on any atom is 0.133 e. The van der Waals surface area contributed by atoms with Gasteiger partial charge in [0.25, 0.3) is 0 Å². The van der Waals surface area contributed by atoms with Crippen molar-refractivity contribution >= 4 is 23.2 Å². The average molecular weight is 370 g/mol. The van der Waals surface area contributed by atoms with E-state index >= 15 is 0 Å². The summed E-state index contributed by atoms with van der Waals surface area (Å²) < 4.78 is 13.5. The van der Waals surface area contributed by atoms with Crippen molar-refractivity contribution in [3.63, 3.8) is 0 Å². The molecule has 140 valence electrons. The van der Waals surface area contributed by atoms with Gasteiger partial charge in [0.05, 0.1) is 24.7 Å². The number of hydrogen-bond acceptors (Lipinski definition) is 3. The van der Waals surface area contributed by atoms with Gasteiger partial charge >= 0.3 is 0 Å². The average Bonchev–Trinajstić information content (AvgIpc) is 3.11. The van der Waals surface area contributed by atoms with Crippen molar-refractivity contribution in [2.75, 3.05) is 13.7 Å². The van der Waals surface area contributed by atoms with Gasteiger partial charge in [-0.25, -0.2) is 4.98 Å². The predicted molar refractivity (Wildman–Crippen MR) is 114 cm³/mol. The molecule has 4 heteroatoms. The zero-order chi connectivity index (χ0) is 19.2. The Bertz CT molecular complexity index is 1080. The lowest BCUT2D eigenvalue weighted by Gasteiger charge is -2.09. The second-order valence-electron chi connectivity index (χ2n) is 6.35. The summed E-state index contributed by atoms with van der Waals surface area (Å²) in [6.07, 6.45) is 4.06. The van der Waals surface area contributed by atoms with E-state index in [0.29, 0.717) is 13.2 Å². The van der Waals surface area contributed by atoms with Crippen LogP contribution in [0.15, 0.2) is 78.9 Å². The minimum Gasteiger partial charge on any atom is -0.496 e. The smallest absolute Gasteiger partial charge is 0.133 e. The van der Waals surface area contributed by atoms with Crippen molar-refractivity contribution in [2.45, 2.75) is 6.54 Å². The topological polar surface area (TPSA) is 36.3 Å². The molecule has 0 amide bonds. The van der Waals surface area contributed by atoms with Crippen molar-refractivity contribution in [3.05, 3.63) is 90.3 Å². The molecular weight excluding hydrogens is 348 g/mol. The Balaban J connectivity index is 1.60. The molecule has 1 heterocycles. The normalized spacial score (nSPS) is 11.2. The van der Waals surface area contributed by atoms with Crippen molar-refractivity contribution in [3.8, 4) is 11.5 Å². The number of nitrogens with zero attached hydrogens (tertiary/aromatic N) is 2. The summed E-state index contributed by atoms with van der Waals surface area (Å²) >= 11 is 0. The fraction of sp³-hybridized carbons (Fsp3) is 0.125. The molecule has 4 aromatic rings. The summed E-state index contributed by atoms with van der Waals surface area (Å²) in [5.41, 5.74) is 3.09.